The molecule has 2 atom stereocenters. The Kier molecular flexibility index (Phi) is 6.69. The van der Waals surface area contributed by atoms with Crippen molar-refractivity contribution >= 4 is 40.2 Å². The second-order valence-corrected chi connectivity index (χ2v) is 9.63. The lowest BCUT2D eigenvalue weighted by atomic mass is 10.0. The van der Waals surface area contributed by atoms with E-state index in [9.17, 15) is 19.2 Å². The van der Waals surface area contributed by atoms with Crippen molar-refractivity contribution in [2.24, 2.45) is 5.92 Å². The molecule has 0 spiro atoms. The Morgan fingerprint density at radius 2 is 1.84 bits per heavy atom. The van der Waals surface area contributed by atoms with Crippen LogP contribution in [0.25, 0.3) is 0 Å². The topological polar surface area (TPSA) is 96.7 Å². The maximum absolute atomic E-state index is 13.6. The van der Waals surface area contributed by atoms with E-state index in [0.717, 1.165) is 11.8 Å². The molecule has 164 valence electrons. The minimum Gasteiger partial charge on any atom is -0.467 e. The highest BCUT2D eigenvalue weighted by molar-refractivity contribution is 8.14. The molecule has 2 aromatic rings. The van der Waals surface area contributed by atoms with Gasteiger partial charge in [0.1, 0.15) is 5.76 Å². The second kappa shape index (κ2) is 9.09. The molecule has 2 amide bonds. The van der Waals surface area contributed by atoms with E-state index >= 15 is 0 Å². The fourth-order valence-electron chi connectivity index (χ4n) is 3.39. The minimum atomic E-state index is -1.06. The molecule has 31 heavy (non-hydrogen) atoms. The first-order valence-corrected chi connectivity index (χ1v) is 11.0. The van der Waals surface area contributed by atoms with Crippen molar-refractivity contribution in [3.8, 4) is 0 Å². The van der Waals surface area contributed by atoms with Gasteiger partial charge in [-0.1, -0.05) is 11.8 Å². The summed E-state index contributed by atoms with van der Waals surface area (Å²) in [6, 6.07) is 8.75. The van der Waals surface area contributed by atoms with Crippen molar-refractivity contribution < 1.29 is 23.6 Å². The molecule has 2 unspecified atom stereocenters. The van der Waals surface area contributed by atoms with Crippen LogP contribution < -0.4 is 10.2 Å². The van der Waals surface area contributed by atoms with Crippen LogP contribution in [-0.2, 0) is 14.4 Å². The zero-order chi connectivity index (χ0) is 22.8. The van der Waals surface area contributed by atoms with Gasteiger partial charge in [0.25, 0.3) is 5.91 Å². The highest BCUT2D eigenvalue weighted by Crippen LogP contribution is 2.34. The molecule has 1 fully saturated rings. The number of nitrogens with zero attached hydrogens (tertiary/aromatic N) is 1. The van der Waals surface area contributed by atoms with Crippen molar-refractivity contribution in [2.75, 3.05) is 10.7 Å². The maximum Gasteiger partial charge on any atom is 0.251 e. The number of furan rings is 1. The summed E-state index contributed by atoms with van der Waals surface area (Å²) >= 11 is 1.13. The highest BCUT2D eigenvalue weighted by atomic mass is 32.2. The van der Waals surface area contributed by atoms with E-state index < -0.39 is 23.4 Å². The van der Waals surface area contributed by atoms with Crippen LogP contribution in [0.2, 0.25) is 0 Å². The van der Waals surface area contributed by atoms with E-state index in [-0.39, 0.29) is 23.2 Å². The van der Waals surface area contributed by atoms with E-state index in [0.29, 0.717) is 22.8 Å². The van der Waals surface area contributed by atoms with Crippen molar-refractivity contribution in [1.29, 1.82) is 0 Å². The Morgan fingerprint density at radius 3 is 2.32 bits per heavy atom. The smallest absolute Gasteiger partial charge is 0.251 e. The van der Waals surface area contributed by atoms with Crippen molar-refractivity contribution in [2.45, 2.75) is 45.7 Å². The molecule has 0 radical (unpaired) electrons. The highest BCUT2D eigenvalue weighted by Gasteiger charge is 2.41. The van der Waals surface area contributed by atoms with Gasteiger partial charge in [0.2, 0.25) is 5.91 Å². The van der Waals surface area contributed by atoms with Crippen LogP contribution in [0.15, 0.2) is 47.1 Å². The zero-order valence-electron chi connectivity index (χ0n) is 18.0. The van der Waals surface area contributed by atoms with E-state index in [1.165, 1.54) is 18.1 Å². The predicted molar refractivity (Wildman–Crippen MR) is 119 cm³/mol. The number of nitrogens with one attached hydrogen (secondary N) is 1. The number of hydrogen-bond donors (Lipinski definition) is 1. The van der Waals surface area contributed by atoms with Crippen LogP contribution >= 0.6 is 11.8 Å². The lowest BCUT2D eigenvalue weighted by Crippen LogP contribution is -2.50. The molecular formula is C23H26N2O5S. The number of amides is 2. The standard InChI is InChI=1S/C23H26N2O5S/c1-14(26)15-7-9-17(10-8-15)25(22(29)16-12-19(27)31-13-16)20(18-6-5-11-30-18)21(28)24-23(2,3)4/h5-11,16,20H,12-13H2,1-4H3,(H,24,28). The number of hydrogen-bond acceptors (Lipinski definition) is 6. The monoisotopic (exact) mass is 442 g/mol. The van der Waals surface area contributed by atoms with Crippen LogP contribution in [0.3, 0.4) is 0 Å². The molecule has 1 aliphatic rings. The normalized spacial score (nSPS) is 17.3. The summed E-state index contributed by atoms with van der Waals surface area (Å²) in [7, 11) is 0. The largest absolute Gasteiger partial charge is 0.467 e. The van der Waals surface area contributed by atoms with Gasteiger partial charge in [-0.15, -0.1) is 0 Å². The first-order chi connectivity index (χ1) is 14.6. The number of anilines is 1. The molecule has 0 bridgehead atoms. The molecule has 0 aliphatic carbocycles. The van der Waals surface area contributed by atoms with Crippen LogP contribution in [0.4, 0.5) is 5.69 Å². The third kappa shape index (κ3) is 5.44. The van der Waals surface area contributed by atoms with E-state index in [4.69, 9.17) is 4.42 Å². The Balaban J connectivity index is 2.08. The molecule has 2 heterocycles. The van der Waals surface area contributed by atoms with Crippen LogP contribution in [-0.4, -0.2) is 34.0 Å². The van der Waals surface area contributed by atoms with Gasteiger partial charge in [0.05, 0.1) is 12.2 Å². The SMILES string of the molecule is CC(=O)c1ccc(N(C(=O)C2CSC(=O)C2)C(C(=O)NC(C)(C)C)c2ccco2)cc1. The number of benzene rings is 1. The van der Waals surface area contributed by atoms with Crippen molar-refractivity contribution in [1.82, 2.24) is 5.32 Å². The summed E-state index contributed by atoms with van der Waals surface area (Å²) < 4.78 is 5.55. The molecule has 3 rings (SSSR count). The molecule has 7 nitrogen and oxygen atoms in total. The van der Waals surface area contributed by atoms with Gasteiger partial charge in [-0.2, -0.15) is 0 Å². The van der Waals surface area contributed by atoms with Crippen molar-refractivity contribution in [3.05, 3.63) is 54.0 Å². The van der Waals surface area contributed by atoms with Gasteiger partial charge in [-0.3, -0.25) is 24.1 Å². The number of Topliss-reactive ketones (excluding diaryl/α,β-unsaturated/α-hetero) is 1. The Bertz CT molecular complexity index is 976. The van der Waals surface area contributed by atoms with Gasteiger partial charge < -0.3 is 9.73 Å². The summed E-state index contributed by atoms with van der Waals surface area (Å²) in [4.78, 5) is 51.8. The first kappa shape index (κ1) is 22.8. The molecule has 0 saturated carbocycles. The second-order valence-electron chi connectivity index (χ2n) is 8.55. The summed E-state index contributed by atoms with van der Waals surface area (Å²) in [5, 5.41) is 2.88. The lowest BCUT2D eigenvalue weighted by molar-refractivity contribution is -0.129. The maximum atomic E-state index is 13.6. The quantitative estimate of drug-likeness (QED) is 0.685. The molecule has 8 heteroatoms. The number of ketones is 1. The fourth-order valence-corrected chi connectivity index (χ4v) is 4.35. The summed E-state index contributed by atoms with van der Waals surface area (Å²) in [6.45, 7) is 7.01. The van der Waals surface area contributed by atoms with Gasteiger partial charge in [0.15, 0.2) is 16.9 Å². The summed E-state index contributed by atoms with van der Waals surface area (Å²) in [5.74, 6) is -0.698. The van der Waals surface area contributed by atoms with E-state index in [2.05, 4.69) is 5.32 Å². The van der Waals surface area contributed by atoms with E-state index in [1.807, 2.05) is 20.8 Å². The van der Waals surface area contributed by atoms with Crippen molar-refractivity contribution in [3.63, 3.8) is 0 Å². The number of rotatable bonds is 6. The third-order valence-corrected chi connectivity index (χ3v) is 5.87. The van der Waals surface area contributed by atoms with Gasteiger partial charge in [-0.05, 0) is 64.1 Å². The first-order valence-electron chi connectivity index (χ1n) is 10.0. The molecule has 1 saturated heterocycles. The summed E-state index contributed by atoms with van der Waals surface area (Å²) in [5.41, 5.74) is 0.412. The molecular weight excluding hydrogens is 416 g/mol. The zero-order valence-corrected chi connectivity index (χ0v) is 18.8. The average Bonchev–Trinajstić information content (AvgIpc) is 3.36. The van der Waals surface area contributed by atoms with Gasteiger partial charge in [-0.25, -0.2) is 0 Å². The Morgan fingerprint density at radius 1 is 1.16 bits per heavy atom. The average molecular weight is 443 g/mol. The van der Waals surface area contributed by atoms with Crippen LogP contribution in [0.5, 0.6) is 0 Å². The number of carbonyl (C=O) groups excluding carboxylic acids is 4. The predicted octanol–water partition coefficient (Wildman–Crippen LogP) is 3.75. The number of thioether (sulfide) groups is 1. The fraction of sp³-hybridized carbons (Fsp3) is 0.391. The third-order valence-electron chi connectivity index (χ3n) is 4.81. The lowest BCUT2D eigenvalue weighted by Gasteiger charge is -2.33. The number of carbonyl (C=O) groups is 4. The van der Waals surface area contributed by atoms with Gasteiger partial charge >= 0.3 is 0 Å². The molecule has 1 aromatic carbocycles. The summed E-state index contributed by atoms with van der Waals surface area (Å²) in [6.07, 6.45) is 1.57. The van der Waals surface area contributed by atoms with Crippen LogP contribution in [0, 0.1) is 5.92 Å². The molecule has 1 aliphatic heterocycles. The van der Waals surface area contributed by atoms with E-state index in [1.54, 1.807) is 36.4 Å². The minimum absolute atomic E-state index is 0.0427. The molecule has 1 N–H and O–H groups in total. The Hall–Kier alpha value is -2.87. The van der Waals surface area contributed by atoms with Crippen LogP contribution in [0.1, 0.15) is 56.3 Å². The van der Waals surface area contributed by atoms with Gasteiger partial charge in [0, 0.05) is 29.0 Å². The Labute approximate surface area is 185 Å². The molecule has 1 aromatic heterocycles.